The van der Waals surface area contributed by atoms with Crippen molar-refractivity contribution in [2.24, 2.45) is 0 Å². The summed E-state index contributed by atoms with van der Waals surface area (Å²) in [6, 6.07) is 5.90. The van der Waals surface area contributed by atoms with Crippen LogP contribution in [0.4, 0.5) is 14.5 Å². The summed E-state index contributed by atoms with van der Waals surface area (Å²) in [4.78, 5) is -1.01. The Labute approximate surface area is 145 Å². The van der Waals surface area contributed by atoms with Crippen LogP contribution in [-0.2, 0) is 20.0 Å². The van der Waals surface area contributed by atoms with Gasteiger partial charge in [-0.3, -0.25) is 4.72 Å². The fourth-order valence-corrected chi connectivity index (χ4v) is 4.11. The van der Waals surface area contributed by atoms with Crippen LogP contribution in [0.25, 0.3) is 0 Å². The van der Waals surface area contributed by atoms with Crippen LogP contribution in [0.15, 0.2) is 46.2 Å². The molecule has 0 saturated heterocycles. The summed E-state index contributed by atoms with van der Waals surface area (Å²) >= 11 is 0. The maximum Gasteiger partial charge on any atom is 0.264 e. The molecule has 2 aromatic rings. The lowest BCUT2D eigenvalue weighted by atomic mass is 10.2. The average molecular weight is 390 g/mol. The molecule has 0 aliphatic heterocycles. The lowest BCUT2D eigenvalue weighted by Crippen LogP contribution is -2.22. The van der Waals surface area contributed by atoms with Gasteiger partial charge in [-0.05, 0) is 42.8 Å². The third-order valence-electron chi connectivity index (χ3n) is 3.41. The predicted molar refractivity (Wildman–Crippen MR) is 89.2 cm³/mol. The molecule has 2 rings (SSSR count). The van der Waals surface area contributed by atoms with E-state index in [0.717, 1.165) is 16.4 Å². The molecule has 0 unspecified atom stereocenters. The molecule has 0 aliphatic carbocycles. The summed E-state index contributed by atoms with van der Waals surface area (Å²) in [5.41, 5.74) is 0.365. The van der Waals surface area contributed by atoms with Gasteiger partial charge in [0.1, 0.15) is 16.5 Å². The van der Waals surface area contributed by atoms with E-state index in [4.69, 9.17) is 0 Å². The Morgan fingerprint density at radius 1 is 0.960 bits per heavy atom. The Morgan fingerprint density at radius 3 is 2.20 bits per heavy atom. The highest BCUT2D eigenvalue weighted by Gasteiger charge is 2.23. The minimum atomic E-state index is -4.44. The first-order valence-electron chi connectivity index (χ1n) is 6.96. The van der Waals surface area contributed by atoms with E-state index in [1.54, 1.807) is 6.92 Å². The third-order valence-corrected chi connectivity index (χ3v) is 6.61. The number of rotatable bonds is 5. The highest BCUT2D eigenvalue weighted by Crippen LogP contribution is 2.25. The minimum Gasteiger partial charge on any atom is -0.279 e. The van der Waals surface area contributed by atoms with E-state index in [0.29, 0.717) is 17.7 Å². The van der Waals surface area contributed by atoms with Crippen LogP contribution in [0.3, 0.4) is 0 Å². The van der Waals surface area contributed by atoms with Crippen molar-refractivity contribution in [3.8, 4) is 0 Å². The van der Waals surface area contributed by atoms with Crippen LogP contribution < -0.4 is 4.72 Å². The molecule has 0 radical (unpaired) electrons. The molecule has 0 spiro atoms. The molecule has 2 aromatic carbocycles. The molecule has 1 N–H and O–H groups in total. The van der Waals surface area contributed by atoms with Gasteiger partial charge in [0, 0.05) is 14.1 Å². The highest BCUT2D eigenvalue weighted by molar-refractivity contribution is 7.92. The molecular formula is C15H16F2N2O4S2. The van der Waals surface area contributed by atoms with Crippen LogP contribution in [-0.4, -0.2) is 35.2 Å². The average Bonchev–Trinajstić information content (AvgIpc) is 2.51. The largest absolute Gasteiger partial charge is 0.279 e. The van der Waals surface area contributed by atoms with Crippen molar-refractivity contribution in [1.82, 2.24) is 4.31 Å². The van der Waals surface area contributed by atoms with E-state index in [-0.39, 0.29) is 10.6 Å². The molecule has 0 saturated carbocycles. The zero-order valence-electron chi connectivity index (χ0n) is 13.6. The summed E-state index contributed by atoms with van der Waals surface area (Å²) < 4.78 is 79.1. The SMILES string of the molecule is Cc1ccc(S(=O)(=O)N(C)C)cc1NS(=O)(=O)c1cc(F)ccc1F. The van der Waals surface area contributed by atoms with Crippen molar-refractivity contribution < 1.29 is 25.6 Å². The van der Waals surface area contributed by atoms with Crippen LogP contribution in [0.1, 0.15) is 5.56 Å². The Hall–Kier alpha value is -2.04. The summed E-state index contributed by atoms with van der Waals surface area (Å²) in [6.45, 7) is 1.55. The standard InChI is InChI=1S/C15H16F2N2O4S2/c1-10-4-6-12(25(22,23)19(2)3)9-14(10)18-24(20,21)15-8-11(16)5-7-13(15)17/h4-9,18H,1-3H3. The number of hydrogen-bond acceptors (Lipinski definition) is 4. The monoisotopic (exact) mass is 390 g/mol. The number of aryl methyl sites for hydroxylation is 1. The predicted octanol–water partition coefficient (Wildman–Crippen LogP) is 2.32. The van der Waals surface area contributed by atoms with E-state index in [1.807, 2.05) is 0 Å². The second kappa shape index (κ2) is 6.70. The van der Waals surface area contributed by atoms with Gasteiger partial charge < -0.3 is 0 Å². The van der Waals surface area contributed by atoms with Gasteiger partial charge in [0.15, 0.2) is 0 Å². The Kier molecular flexibility index (Phi) is 5.17. The van der Waals surface area contributed by atoms with Crippen LogP contribution in [0.5, 0.6) is 0 Å². The number of hydrogen-bond donors (Lipinski definition) is 1. The maximum absolute atomic E-state index is 13.8. The van der Waals surface area contributed by atoms with E-state index < -0.39 is 36.6 Å². The van der Waals surface area contributed by atoms with Crippen LogP contribution in [0, 0.1) is 18.6 Å². The lowest BCUT2D eigenvalue weighted by Gasteiger charge is -2.15. The van der Waals surface area contributed by atoms with Gasteiger partial charge >= 0.3 is 0 Å². The first-order valence-corrected chi connectivity index (χ1v) is 9.88. The van der Waals surface area contributed by atoms with Crippen molar-refractivity contribution >= 4 is 25.7 Å². The topological polar surface area (TPSA) is 83.6 Å². The van der Waals surface area contributed by atoms with Gasteiger partial charge in [-0.15, -0.1) is 0 Å². The summed E-state index contributed by atoms with van der Waals surface area (Å²) in [6.07, 6.45) is 0. The number of halogens is 2. The molecule has 0 bridgehead atoms. The van der Waals surface area contributed by atoms with E-state index in [2.05, 4.69) is 4.72 Å². The number of nitrogens with one attached hydrogen (secondary N) is 1. The van der Waals surface area contributed by atoms with E-state index >= 15 is 0 Å². The summed E-state index contributed by atoms with van der Waals surface area (Å²) in [5, 5.41) is 0. The van der Waals surface area contributed by atoms with Gasteiger partial charge in [0.2, 0.25) is 10.0 Å². The van der Waals surface area contributed by atoms with Gasteiger partial charge in [0.05, 0.1) is 10.6 Å². The van der Waals surface area contributed by atoms with E-state index in [9.17, 15) is 25.6 Å². The smallest absolute Gasteiger partial charge is 0.264 e. The van der Waals surface area contributed by atoms with Gasteiger partial charge in [0.25, 0.3) is 10.0 Å². The van der Waals surface area contributed by atoms with Gasteiger partial charge in [-0.1, -0.05) is 6.07 Å². The van der Waals surface area contributed by atoms with Crippen molar-refractivity contribution in [2.75, 3.05) is 18.8 Å². The summed E-state index contributed by atoms with van der Waals surface area (Å²) in [7, 11) is -5.56. The van der Waals surface area contributed by atoms with Crippen molar-refractivity contribution in [2.45, 2.75) is 16.7 Å². The lowest BCUT2D eigenvalue weighted by molar-refractivity contribution is 0.520. The molecule has 0 fully saturated rings. The number of sulfonamides is 2. The van der Waals surface area contributed by atoms with Crippen molar-refractivity contribution in [1.29, 1.82) is 0 Å². The minimum absolute atomic E-state index is 0.0495. The van der Waals surface area contributed by atoms with E-state index in [1.165, 1.54) is 26.2 Å². The Bertz CT molecular complexity index is 1020. The zero-order chi connectivity index (χ0) is 19.0. The fraction of sp³-hybridized carbons (Fsp3) is 0.200. The number of anilines is 1. The van der Waals surface area contributed by atoms with Crippen LogP contribution >= 0.6 is 0 Å². The third kappa shape index (κ3) is 3.97. The number of nitrogens with zero attached hydrogens (tertiary/aromatic N) is 1. The fourth-order valence-electron chi connectivity index (χ4n) is 1.97. The van der Waals surface area contributed by atoms with Gasteiger partial charge in [-0.25, -0.2) is 29.9 Å². The highest BCUT2D eigenvalue weighted by atomic mass is 32.2. The first kappa shape index (κ1) is 19.3. The molecule has 6 nitrogen and oxygen atoms in total. The number of benzene rings is 2. The second-order valence-corrected chi connectivity index (χ2v) is 9.25. The molecule has 0 heterocycles. The molecule has 10 heteroatoms. The van der Waals surface area contributed by atoms with Crippen molar-refractivity contribution in [3.05, 3.63) is 53.6 Å². The molecule has 0 aliphatic rings. The zero-order valence-corrected chi connectivity index (χ0v) is 15.2. The quantitative estimate of drug-likeness (QED) is 0.849. The molecule has 25 heavy (non-hydrogen) atoms. The molecule has 0 atom stereocenters. The Balaban J connectivity index is 2.51. The van der Waals surface area contributed by atoms with Gasteiger partial charge in [-0.2, -0.15) is 0 Å². The van der Waals surface area contributed by atoms with Crippen molar-refractivity contribution in [3.63, 3.8) is 0 Å². The molecule has 0 aromatic heterocycles. The molecular weight excluding hydrogens is 374 g/mol. The second-order valence-electron chi connectivity index (χ2n) is 5.44. The van der Waals surface area contributed by atoms with Crippen LogP contribution in [0.2, 0.25) is 0 Å². The normalized spacial score (nSPS) is 12.4. The molecule has 136 valence electrons. The summed E-state index contributed by atoms with van der Waals surface area (Å²) in [5.74, 6) is -2.04. The maximum atomic E-state index is 13.8. The molecule has 0 amide bonds. The first-order chi connectivity index (χ1) is 11.4. The Morgan fingerprint density at radius 2 is 1.60 bits per heavy atom.